The quantitative estimate of drug-likeness (QED) is 0.838. The van der Waals surface area contributed by atoms with E-state index in [4.69, 9.17) is 9.47 Å². The average Bonchev–Trinajstić information content (AvgIpc) is 2.68. The second kappa shape index (κ2) is 7.50. The van der Waals surface area contributed by atoms with Gasteiger partial charge in [0.15, 0.2) is 0 Å². The number of ether oxygens (including phenoxy) is 2. The van der Waals surface area contributed by atoms with Crippen molar-refractivity contribution >= 4 is 0 Å². The minimum absolute atomic E-state index is 0.0444. The highest BCUT2D eigenvalue weighted by atomic mass is 16.5. The van der Waals surface area contributed by atoms with Crippen LogP contribution in [0.1, 0.15) is 25.0 Å². The molecule has 0 N–H and O–H groups in total. The third kappa shape index (κ3) is 3.83. The molecule has 0 unspecified atom stereocenters. The molecule has 2 aliphatic heterocycles. The lowest BCUT2D eigenvalue weighted by Crippen LogP contribution is -2.57. The van der Waals surface area contributed by atoms with E-state index >= 15 is 0 Å². The van der Waals surface area contributed by atoms with E-state index in [1.54, 1.807) is 6.20 Å². The first-order valence-electron chi connectivity index (χ1n) is 9.12. The molecule has 2 aromatic rings. The van der Waals surface area contributed by atoms with Crippen LogP contribution in [-0.4, -0.2) is 47.3 Å². The molecule has 5 heteroatoms. The van der Waals surface area contributed by atoms with Gasteiger partial charge in [0.05, 0.1) is 18.4 Å². The Morgan fingerprint density at radius 3 is 2.84 bits per heavy atom. The Labute approximate surface area is 149 Å². The summed E-state index contributed by atoms with van der Waals surface area (Å²) in [5.41, 5.74) is 1.17. The van der Waals surface area contributed by atoms with Crippen LogP contribution in [-0.2, 0) is 11.3 Å². The Bertz CT molecular complexity index is 667. The molecule has 2 aliphatic rings. The van der Waals surface area contributed by atoms with Crippen molar-refractivity contribution in [1.29, 1.82) is 0 Å². The summed E-state index contributed by atoms with van der Waals surface area (Å²) in [5, 5.41) is 0. The zero-order chi connectivity index (χ0) is 17.0. The van der Waals surface area contributed by atoms with Crippen LogP contribution >= 0.6 is 0 Å². The van der Waals surface area contributed by atoms with Gasteiger partial charge in [0.1, 0.15) is 0 Å². The van der Waals surface area contributed by atoms with Gasteiger partial charge in [-0.15, -0.1) is 0 Å². The first-order valence-corrected chi connectivity index (χ1v) is 9.12. The Balaban J connectivity index is 1.47. The van der Waals surface area contributed by atoms with Gasteiger partial charge in [-0.2, -0.15) is 0 Å². The van der Waals surface area contributed by atoms with Gasteiger partial charge in [0.25, 0.3) is 0 Å². The topological polar surface area (TPSA) is 47.5 Å². The maximum Gasteiger partial charge on any atom is 0.213 e. The molecule has 2 aromatic heterocycles. The highest BCUT2D eigenvalue weighted by Crippen LogP contribution is 2.40. The summed E-state index contributed by atoms with van der Waals surface area (Å²) >= 11 is 0. The second-order valence-electron chi connectivity index (χ2n) is 7.10. The van der Waals surface area contributed by atoms with E-state index in [0.717, 1.165) is 51.2 Å². The second-order valence-corrected chi connectivity index (χ2v) is 7.10. The Morgan fingerprint density at radius 1 is 1.16 bits per heavy atom. The molecule has 0 aromatic carbocycles. The molecular formula is C20H25N3O2. The molecule has 4 rings (SSSR count). The lowest BCUT2D eigenvalue weighted by Gasteiger charge is -2.50. The van der Waals surface area contributed by atoms with E-state index in [0.29, 0.717) is 12.5 Å². The Hall–Kier alpha value is -1.98. The van der Waals surface area contributed by atoms with Crippen molar-refractivity contribution in [1.82, 2.24) is 14.9 Å². The zero-order valence-electron chi connectivity index (χ0n) is 14.5. The molecule has 2 saturated heterocycles. The molecule has 2 atom stereocenters. The number of hydrogen-bond acceptors (Lipinski definition) is 5. The summed E-state index contributed by atoms with van der Waals surface area (Å²) in [6, 6.07) is 11.9. The predicted octanol–water partition coefficient (Wildman–Crippen LogP) is 2.93. The van der Waals surface area contributed by atoms with Crippen molar-refractivity contribution in [3.63, 3.8) is 0 Å². The third-order valence-electron chi connectivity index (χ3n) is 5.32. The van der Waals surface area contributed by atoms with Gasteiger partial charge in [-0.05, 0) is 37.5 Å². The maximum atomic E-state index is 6.13. The molecule has 5 nitrogen and oxygen atoms in total. The van der Waals surface area contributed by atoms with Crippen molar-refractivity contribution in [2.45, 2.75) is 31.9 Å². The predicted molar refractivity (Wildman–Crippen MR) is 95.3 cm³/mol. The monoisotopic (exact) mass is 339 g/mol. The van der Waals surface area contributed by atoms with Crippen molar-refractivity contribution in [3.8, 4) is 5.88 Å². The van der Waals surface area contributed by atoms with Gasteiger partial charge >= 0.3 is 0 Å². The molecule has 0 saturated carbocycles. The Kier molecular flexibility index (Phi) is 4.95. The van der Waals surface area contributed by atoms with E-state index in [-0.39, 0.29) is 11.5 Å². The third-order valence-corrected chi connectivity index (χ3v) is 5.32. The standard InChI is InChI=1S/C20H25N3O2/c1-3-10-21-17(6-1)14-23-12-8-18-20(15-23,9-5-13-24-18)16-25-19-7-2-4-11-22-19/h1-4,6-7,10-11,18H,5,8-9,12-16H2/t18-,20+/m1/s1. The van der Waals surface area contributed by atoms with Crippen molar-refractivity contribution in [3.05, 3.63) is 54.5 Å². The summed E-state index contributed by atoms with van der Waals surface area (Å²) in [5.74, 6) is 0.697. The summed E-state index contributed by atoms with van der Waals surface area (Å²) in [6.07, 6.45) is 7.22. The number of hydrogen-bond donors (Lipinski definition) is 0. The molecule has 0 bridgehead atoms. The molecular weight excluding hydrogens is 314 g/mol. The molecule has 132 valence electrons. The number of piperidine rings is 1. The number of nitrogens with zero attached hydrogens (tertiary/aromatic N) is 3. The van der Waals surface area contributed by atoms with Crippen molar-refractivity contribution in [2.75, 3.05) is 26.3 Å². The summed E-state index contributed by atoms with van der Waals surface area (Å²) in [4.78, 5) is 11.3. The molecule has 0 spiro atoms. The van der Waals surface area contributed by atoms with Crippen LogP contribution in [0.5, 0.6) is 5.88 Å². The highest BCUT2D eigenvalue weighted by molar-refractivity contribution is 5.10. The lowest BCUT2D eigenvalue weighted by molar-refractivity contribution is -0.141. The van der Waals surface area contributed by atoms with Gasteiger partial charge in [0, 0.05) is 50.1 Å². The van der Waals surface area contributed by atoms with Crippen molar-refractivity contribution in [2.24, 2.45) is 5.41 Å². The van der Waals surface area contributed by atoms with E-state index in [1.807, 2.05) is 30.5 Å². The maximum absolute atomic E-state index is 6.13. The molecule has 0 radical (unpaired) electrons. The first-order chi connectivity index (χ1) is 12.3. The Morgan fingerprint density at radius 2 is 2.04 bits per heavy atom. The minimum atomic E-state index is 0.0444. The fourth-order valence-electron chi connectivity index (χ4n) is 4.10. The average molecular weight is 339 g/mol. The van der Waals surface area contributed by atoms with Gasteiger partial charge < -0.3 is 9.47 Å². The van der Waals surface area contributed by atoms with Gasteiger partial charge in [-0.25, -0.2) is 4.98 Å². The van der Waals surface area contributed by atoms with E-state index in [1.165, 1.54) is 0 Å². The molecule has 2 fully saturated rings. The van der Waals surface area contributed by atoms with Crippen LogP contribution in [0.3, 0.4) is 0 Å². The lowest BCUT2D eigenvalue weighted by atomic mass is 9.73. The van der Waals surface area contributed by atoms with E-state index in [9.17, 15) is 0 Å². The van der Waals surface area contributed by atoms with Crippen LogP contribution in [0.15, 0.2) is 48.8 Å². The summed E-state index contributed by atoms with van der Waals surface area (Å²) in [7, 11) is 0. The SMILES string of the molecule is c1ccc(CN2CC[C@H]3OCCC[C@@]3(COc3ccccn3)C2)nc1. The number of fused-ring (bicyclic) bond motifs is 1. The zero-order valence-corrected chi connectivity index (χ0v) is 14.5. The summed E-state index contributed by atoms with van der Waals surface area (Å²) < 4.78 is 12.2. The number of rotatable bonds is 5. The van der Waals surface area contributed by atoms with E-state index < -0.39 is 0 Å². The van der Waals surface area contributed by atoms with E-state index in [2.05, 4.69) is 27.0 Å². The molecule has 0 aliphatic carbocycles. The first kappa shape index (κ1) is 16.5. The van der Waals surface area contributed by atoms with Gasteiger partial charge in [-0.3, -0.25) is 9.88 Å². The van der Waals surface area contributed by atoms with Gasteiger partial charge in [0.2, 0.25) is 5.88 Å². The summed E-state index contributed by atoms with van der Waals surface area (Å²) in [6.45, 7) is 4.45. The molecule has 0 amide bonds. The van der Waals surface area contributed by atoms with Crippen LogP contribution in [0.4, 0.5) is 0 Å². The van der Waals surface area contributed by atoms with Crippen LogP contribution in [0, 0.1) is 5.41 Å². The minimum Gasteiger partial charge on any atom is -0.477 e. The molecule has 4 heterocycles. The fraction of sp³-hybridized carbons (Fsp3) is 0.500. The highest BCUT2D eigenvalue weighted by Gasteiger charge is 2.46. The van der Waals surface area contributed by atoms with Crippen LogP contribution in [0.2, 0.25) is 0 Å². The van der Waals surface area contributed by atoms with Gasteiger partial charge in [-0.1, -0.05) is 12.1 Å². The number of pyridine rings is 2. The molecule has 25 heavy (non-hydrogen) atoms. The normalized spacial score (nSPS) is 26.8. The number of aromatic nitrogens is 2. The van der Waals surface area contributed by atoms with Crippen LogP contribution < -0.4 is 4.74 Å². The van der Waals surface area contributed by atoms with Crippen molar-refractivity contribution < 1.29 is 9.47 Å². The van der Waals surface area contributed by atoms with Crippen LogP contribution in [0.25, 0.3) is 0 Å². The fourth-order valence-corrected chi connectivity index (χ4v) is 4.10. The number of likely N-dealkylation sites (tertiary alicyclic amines) is 1. The largest absolute Gasteiger partial charge is 0.477 e. The smallest absolute Gasteiger partial charge is 0.213 e.